The zero-order valence-corrected chi connectivity index (χ0v) is 30.1. The maximum absolute atomic E-state index is 14.3. The molecule has 1 aliphatic rings. The first kappa shape index (κ1) is 39.4. The lowest BCUT2D eigenvalue weighted by Gasteiger charge is -2.36. The number of carbonyl (C=O) groups is 4. The highest BCUT2D eigenvalue weighted by molar-refractivity contribution is 7.13. The number of alkyl carbamates (subject to hydrolysis) is 1. The molecule has 1 saturated heterocycles. The van der Waals surface area contributed by atoms with E-state index in [1.807, 2.05) is 67.6 Å². The van der Waals surface area contributed by atoms with Gasteiger partial charge in [0.25, 0.3) is 0 Å². The van der Waals surface area contributed by atoms with Gasteiger partial charge in [-0.3, -0.25) is 19.7 Å². The molecule has 1 fully saturated rings. The van der Waals surface area contributed by atoms with E-state index in [2.05, 4.69) is 26.1 Å². The molecular formula is C37H50N6O7S. The van der Waals surface area contributed by atoms with Crippen LogP contribution in [0.1, 0.15) is 82.3 Å². The molecule has 0 aliphatic carbocycles. The van der Waals surface area contributed by atoms with Crippen LogP contribution in [-0.2, 0) is 41.7 Å². The third-order valence-electron chi connectivity index (χ3n) is 8.64. The van der Waals surface area contributed by atoms with E-state index in [-0.39, 0.29) is 12.5 Å². The zero-order valence-electron chi connectivity index (χ0n) is 29.2. The number of hydrogen-bond acceptors (Lipinski definition) is 10. The van der Waals surface area contributed by atoms with Crippen molar-refractivity contribution in [3.63, 3.8) is 0 Å². The van der Waals surface area contributed by atoms with E-state index in [0.29, 0.717) is 76.1 Å². The summed E-state index contributed by atoms with van der Waals surface area (Å²) in [7, 11) is 0. The minimum Gasteiger partial charge on any atom is -0.445 e. The molecule has 276 valence electrons. The Morgan fingerprint density at radius 1 is 0.980 bits per heavy atom. The number of hydrogen-bond donors (Lipinski definition) is 3. The van der Waals surface area contributed by atoms with Crippen LogP contribution in [0.4, 0.5) is 9.93 Å². The van der Waals surface area contributed by atoms with Gasteiger partial charge in [0.1, 0.15) is 18.2 Å². The molecule has 1 aromatic heterocycles. The van der Waals surface area contributed by atoms with E-state index in [0.717, 1.165) is 30.4 Å². The topological polar surface area (TPSA) is 161 Å². The monoisotopic (exact) mass is 722 g/mol. The van der Waals surface area contributed by atoms with Crippen LogP contribution in [0.2, 0.25) is 0 Å². The Kier molecular flexibility index (Phi) is 17.3. The summed E-state index contributed by atoms with van der Waals surface area (Å²) in [5.74, 6) is -1.44. The molecule has 1 unspecified atom stereocenters. The highest BCUT2D eigenvalue weighted by Crippen LogP contribution is 2.26. The first-order valence-corrected chi connectivity index (χ1v) is 18.7. The van der Waals surface area contributed by atoms with Crippen molar-refractivity contribution in [2.24, 2.45) is 5.92 Å². The van der Waals surface area contributed by atoms with Crippen molar-refractivity contribution in [1.82, 2.24) is 25.9 Å². The molecule has 0 saturated carbocycles. The van der Waals surface area contributed by atoms with Crippen LogP contribution in [-0.4, -0.2) is 71.1 Å². The molecule has 3 aromatic rings. The summed E-state index contributed by atoms with van der Waals surface area (Å²) in [6.07, 6.45) is 6.53. The summed E-state index contributed by atoms with van der Waals surface area (Å²) in [4.78, 5) is 58.5. The van der Waals surface area contributed by atoms with E-state index in [1.165, 1.54) is 21.9 Å². The maximum atomic E-state index is 14.3. The van der Waals surface area contributed by atoms with Gasteiger partial charge in [0.15, 0.2) is 6.29 Å². The van der Waals surface area contributed by atoms with Gasteiger partial charge in [0.2, 0.25) is 23.4 Å². The lowest BCUT2D eigenvalue weighted by Crippen LogP contribution is -2.52. The Balaban J connectivity index is 1.42. The quantitative estimate of drug-likeness (QED) is 0.0663. The molecule has 13 nitrogen and oxygen atoms in total. The zero-order chi connectivity index (χ0) is 36.1. The number of nitrogens with one attached hydrogen (secondary N) is 3. The van der Waals surface area contributed by atoms with E-state index in [1.54, 1.807) is 0 Å². The predicted molar refractivity (Wildman–Crippen MR) is 193 cm³/mol. The number of carbonyl (C=O) groups excluding carboxylic acids is 4. The molecular weight excluding hydrogens is 673 g/mol. The maximum Gasteiger partial charge on any atom is 0.407 e. The highest BCUT2D eigenvalue weighted by atomic mass is 32.1. The molecule has 14 heteroatoms. The Hall–Kier alpha value is -4.40. The first-order valence-electron chi connectivity index (χ1n) is 17.8. The SMILES string of the molecule is CCC[C@@H]([C@@H](CCCc1ccccc1)C(=O)N[C@@H](CCCCNC(=O)OCc1ccccc1)C(=O)Nc1nncs1)N(C=O)OC1CCCCO1. The van der Waals surface area contributed by atoms with Crippen molar-refractivity contribution < 1.29 is 33.5 Å². The Morgan fingerprint density at radius 3 is 2.41 bits per heavy atom. The van der Waals surface area contributed by atoms with E-state index < -0.39 is 36.3 Å². The molecule has 3 N–H and O–H groups in total. The molecule has 4 amide bonds. The average Bonchev–Trinajstić information content (AvgIpc) is 3.67. The molecule has 51 heavy (non-hydrogen) atoms. The lowest BCUT2D eigenvalue weighted by molar-refractivity contribution is -0.289. The minimum atomic E-state index is -0.905. The highest BCUT2D eigenvalue weighted by Gasteiger charge is 2.36. The number of aryl methyl sites for hydroxylation is 1. The number of aromatic nitrogens is 2. The minimum absolute atomic E-state index is 0.165. The van der Waals surface area contributed by atoms with Gasteiger partial charge < -0.3 is 20.1 Å². The van der Waals surface area contributed by atoms with Crippen LogP contribution < -0.4 is 16.0 Å². The lowest BCUT2D eigenvalue weighted by atomic mass is 9.88. The fraction of sp³-hybridized carbons (Fsp3) is 0.514. The summed E-state index contributed by atoms with van der Waals surface area (Å²) in [6.45, 7) is 3.04. The van der Waals surface area contributed by atoms with Crippen LogP contribution in [0, 0.1) is 5.92 Å². The van der Waals surface area contributed by atoms with Crippen molar-refractivity contribution in [2.45, 2.75) is 103 Å². The molecule has 4 atom stereocenters. The third kappa shape index (κ3) is 14.0. The Bertz CT molecular complexity index is 1440. The normalized spacial score (nSPS) is 15.9. The predicted octanol–water partition coefficient (Wildman–Crippen LogP) is 5.78. The number of benzene rings is 2. The second-order valence-corrected chi connectivity index (χ2v) is 13.3. The second kappa shape index (κ2) is 22.4. The number of anilines is 1. The van der Waals surface area contributed by atoms with E-state index in [4.69, 9.17) is 14.3 Å². The molecule has 0 bridgehead atoms. The number of rotatable bonds is 22. The van der Waals surface area contributed by atoms with Crippen LogP contribution in [0.3, 0.4) is 0 Å². The van der Waals surface area contributed by atoms with Gasteiger partial charge in [-0.25, -0.2) is 14.7 Å². The van der Waals surface area contributed by atoms with Crippen molar-refractivity contribution >= 4 is 40.8 Å². The van der Waals surface area contributed by atoms with Gasteiger partial charge in [0.05, 0.1) is 12.0 Å². The summed E-state index contributed by atoms with van der Waals surface area (Å²) >= 11 is 1.17. The van der Waals surface area contributed by atoms with E-state index >= 15 is 0 Å². The van der Waals surface area contributed by atoms with Gasteiger partial charge in [0, 0.05) is 19.6 Å². The van der Waals surface area contributed by atoms with Crippen molar-refractivity contribution in [2.75, 3.05) is 18.5 Å². The van der Waals surface area contributed by atoms with Gasteiger partial charge in [-0.1, -0.05) is 85.3 Å². The third-order valence-corrected chi connectivity index (χ3v) is 9.25. The van der Waals surface area contributed by atoms with Crippen molar-refractivity contribution in [3.8, 4) is 0 Å². The van der Waals surface area contributed by atoms with Crippen LogP contribution in [0.5, 0.6) is 0 Å². The van der Waals surface area contributed by atoms with Crippen molar-refractivity contribution in [3.05, 3.63) is 77.3 Å². The summed E-state index contributed by atoms with van der Waals surface area (Å²) < 4.78 is 11.0. The first-order chi connectivity index (χ1) is 25.0. The fourth-order valence-corrected chi connectivity index (χ4v) is 6.44. The largest absolute Gasteiger partial charge is 0.445 e. The van der Waals surface area contributed by atoms with Crippen molar-refractivity contribution in [1.29, 1.82) is 0 Å². The molecule has 4 rings (SSSR count). The fourth-order valence-electron chi connectivity index (χ4n) is 5.99. The number of ether oxygens (including phenoxy) is 2. The van der Waals surface area contributed by atoms with Gasteiger partial charge in [-0.15, -0.1) is 10.2 Å². The standard InChI is InChI=1S/C37H50N6O7S/c1-2-14-32(43(27-44)50-33-22-10-12-24-48-33)30(20-13-19-28-15-5-3-6-16-28)34(45)40-31(35(46)41-36-42-39-26-51-36)21-9-11-23-38-37(47)49-25-29-17-7-4-8-18-29/h3-8,15-18,26-27,30-33H,2,9-14,19-25H2,1H3,(H,38,47)(H,40,45)(H,41,42,46)/t30-,31+,32+,33?/m1/s1. The van der Waals surface area contributed by atoms with Crippen LogP contribution in [0.15, 0.2) is 66.2 Å². The summed E-state index contributed by atoms with van der Waals surface area (Å²) in [5.41, 5.74) is 3.54. The molecule has 0 radical (unpaired) electrons. The molecule has 2 aromatic carbocycles. The summed E-state index contributed by atoms with van der Waals surface area (Å²) in [6, 6.07) is 17.9. The van der Waals surface area contributed by atoms with Crippen LogP contribution >= 0.6 is 11.3 Å². The molecule has 2 heterocycles. The van der Waals surface area contributed by atoms with Gasteiger partial charge >= 0.3 is 6.09 Å². The number of nitrogens with zero attached hydrogens (tertiary/aromatic N) is 3. The number of hydroxylamine groups is 2. The Morgan fingerprint density at radius 2 is 1.75 bits per heavy atom. The Labute approximate surface area is 303 Å². The van der Waals surface area contributed by atoms with Gasteiger partial charge in [-0.2, -0.15) is 0 Å². The smallest absolute Gasteiger partial charge is 0.407 e. The number of unbranched alkanes of at least 4 members (excludes halogenated alkanes) is 1. The molecule has 1 aliphatic heterocycles. The number of amides is 4. The van der Waals surface area contributed by atoms with Gasteiger partial charge in [-0.05, 0) is 68.9 Å². The van der Waals surface area contributed by atoms with E-state index in [9.17, 15) is 19.2 Å². The average molecular weight is 723 g/mol. The second-order valence-electron chi connectivity index (χ2n) is 12.5. The summed E-state index contributed by atoms with van der Waals surface area (Å²) in [5, 5.41) is 17.8. The van der Waals surface area contributed by atoms with Crippen LogP contribution in [0.25, 0.3) is 0 Å². The molecule has 0 spiro atoms.